The molecule has 1 aliphatic rings. The maximum atomic E-state index is 11.2. The van der Waals surface area contributed by atoms with Crippen LogP contribution in [0.15, 0.2) is 18.2 Å². The third kappa shape index (κ3) is 1.30. The van der Waals surface area contributed by atoms with Crippen molar-refractivity contribution >= 4 is 17.3 Å². The van der Waals surface area contributed by atoms with Gasteiger partial charge in [0, 0.05) is 6.07 Å². The molecular formula is C9H9N2O2. The molecular weight excluding hydrogens is 168 g/mol. The van der Waals surface area contributed by atoms with Gasteiger partial charge in [0.25, 0.3) is 5.91 Å². The van der Waals surface area contributed by atoms with Crippen LogP contribution in [0, 0.1) is 0 Å². The van der Waals surface area contributed by atoms with Gasteiger partial charge in [-0.25, -0.2) is 0 Å². The number of hydrogen-bond acceptors (Lipinski definition) is 2. The highest BCUT2D eigenvalue weighted by atomic mass is 16.5. The average molecular weight is 177 g/mol. The van der Waals surface area contributed by atoms with Gasteiger partial charge in [-0.1, -0.05) is 0 Å². The molecule has 0 fully saturated rings. The lowest BCUT2D eigenvalue weighted by Gasteiger charge is -2.23. The Kier molecular flexibility index (Phi) is 1.62. The van der Waals surface area contributed by atoms with Gasteiger partial charge in [-0.3, -0.25) is 4.79 Å². The summed E-state index contributed by atoms with van der Waals surface area (Å²) in [7, 11) is 0. The van der Waals surface area contributed by atoms with Crippen molar-refractivity contribution < 1.29 is 9.53 Å². The van der Waals surface area contributed by atoms with Crippen molar-refractivity contribution in [2.24, 2.45) is 0 Å². The molecule has 0 saturated heterocycles. The Bertz CT molecular complexity index is 363. The molecule has 1 atom stereocenters. The molecule has 1 aliphatic heterocycles. The van der Waals surface area contributed by atoms with Gasteiger partial charge in [0.15, 0.2) is 6.10 Å². The summed E-state index contributed by atoms with van der Waals surface area (Å²) in [6, 6.07) is 4.87. The van der Waals surface area contributed by atoms with Crippen molar-refractivity contribution in [1.82, 2.24) is 5.73 Å². The lowest BCUT2D eigenvalue weighted by molar-refractivity contribution is -0.122. The van der Waals surface area contributed by atoms with Crippen LogP contribution in [0.3, 0.4) is 0 Å². The Hall–Kier alpha value is -1.71. The summed E-state index contributed by atoms with van der Waals surface area (Å²) < 4.78 is 5.29. The number of benzene rings is 1. The molecule has 1 heterocycles. The SMILES string of the molecule is C[C@@H]1Oc2cc([NH])ccc2NC1=O. The lowest BCUT2D eigenvalue weighted by Crippen LogP contribution is -2.34. The molecule has 0 spiro atoms. The summed E-state index contributed by atoms with van der Waals surface area (Å²) in [6.07, 6.45) is -0.478. The van der Waals surface area contributed by atoms with E-state index in [2.05, 4.69) is 5.32 Å². The number of carbonyl (C=O) groups excluding carboxylic acids is 1. The molecule has 2 N–H and O–H groups in total. The second-order valence-corrected chi connectivity index (χ2v) is 2.96. The minimum absolute atomic E-state index is 0.148. The molecule has 2 rings (SSSR count). The van der Waals surface area contributed by atoms with E-state index in [4.69, 9.17) is 10.5 Å². The van der Waals surface area contributed by atoms with E-state index < -0.39 is 6.10 Å². The highest BCUT2D eigenvalue weighted by Gasteiger charge is 2.23. The summed E-state index contributed by atoms with van der Waals surface area (Å²) in [5.74, 6) is 0.421. The second-order valence-electron chi connectivity index (χ2n) is 2.96. The maximum Gasteiger partial charge on any atom is 0.265 e. The van der Waals surface area contributed by atoms with E-state index in [0.29, 0.717) is 17.1 Å². The first-order valence-electron chi connectivity index (χ1n) is 4.00. The number of carbonyl (C=O) groups is 1. The number of ether oxygens (including phenoxy) is 1. The third-order valence-corrected chi connectivity index (χ3v) is 1.91. The monoisotopic (exact) mass is 177 g/mol. The summed E-state index contributed by atoms with van der Waals surface area (Å²) in [6.45, 7) is 1.68. The van der Waals surface area contributed by atoms with Crippen LogP contribution in [0.25, 0.3) is 0 Å². The topological polar surface area (TPSA) is 62.1 Å². The van der Waals surface area contributed by atoms with Crippen LogP contribution in [0.5, 0.6) is 5.75 Å². The lowest BCUT2D eigenvalue weighted by atomic mass is 10.2. The van der Waals surface area contributed by atoms with Crippen LogP contribution in [0.1, 0.15) is 6.92 Å². The average Bonchev–Trinajstić information content (AvgIpc) is 2.08. The van der Waals surface area contributed by atoms with Gasteiger partial charge in [0.1, 0.15) is 5.75 Å². The van der Waals surface area contributed by atoms with Gasteiger partial charge >= 0.3 is 0 Å². The molecule has 1 amide bonds. The first kappa shape index (κ1) is 7.91. The third-order valence-electron chi connectivity index (χ3n) is 1.91. The Morgan fingerprint density at radius 2 is 2.31 bits per heavy atom. The van der Waals surface area contributed by atoms with Gasteiger partial charge in [0.2, 0.25) is 0 Å². The standard InChI is InChI=1S/C9H9N2O2/c1-5-9(12)11-7-3-2-6(10)4-8(7)13-5/h2-5,10H,1H3,(H,11,12)/t5-/m0/s1. The normalized spacial score (nSPS) is 20.1. The van der Waals surface area contributed by atoms with Gasteiger partial charge in [-0.2, -0.15) is 0 Å². The van der Waals surface area contributed by atoms with E-state index in [9.17, 15) is 4.79 Å². The predicted molar refractivity (Wildman–Crippen MR) is 47.9 cm³/mol. The minimum atomic E-state index is -0.478. The number of nitrogens with one attached hydrogen (secondary N) is 2. The van der Waals surface area contributed by atoms with Crippen molar-refractivity contribution in [1.29, 1.82) is 0 Å². The number of rotatable bonds is 0. The molecule has 1 radical (unpaired) electrons. The molecule has 0 aromatic heterocycles. The fraction of sp³-hybridized carbons (Fsp3) is 0.222. The fourth-order valence-electron chi connectivity index (χ4n) is 1.20. The number of amides is 1. The van der Waals surface area contributed by atoms with E-state index in [-0.39, 0.29) is 5.91 Å². The fourth-order valence-corrected chi connectivity index (χ4v) is 1.20. The van der Waals surface area contributed by atoms with Gasteiger partial charge in [0.05, 0.1) is 11.4 Å². The van der Waals surface area contributed by atoms with E-state index >= 15 is 0 Å². The van der Waals surface area contributed by atoms with E-state index in [1.54, 1.807) is 25.1 Å². The molecule has 1 aromatic rings. The van der Waals surface area contributed by atoms with Crippen LogP contribution in [0.2, 0.25) is 0 Å². The largest absolute Gasteiger partial charge is 0.479 e. The van der Waals surface area contributed by atoms with E-state index in [0.717, 1.165) is 0 Å². The molecule has 0 unspecified atom stereocenters. The van der Waals surface area contributed by atoms with Crippen LogP contribution in [0.4, 0.5) is 11.4 Å². The highest BCUT2D eigenvalue weighted by molar-refractivity contribution is 5.97. The van der Waals surface area contributed by atoms with Crippen molar-refractivity contribution in [3.05, 3.63) is 18.2 Å². The van der Waals surface area contributed by atoms with Crippen molar-refractivity contribution in [3.8, 4) is 5.75 Å². The van der Waals surface area contributed by atoms with E-state index in [1.807, 2.05) is 0 Å². The first-order chi connectivity index (χ1) is 6.16. The molecule has 0 saturated carbocycles. The zero-order valence-electron chi connectivity index (χ0n) is 7.13. The molecule has 0 bridgehead atoms. The number of anilines is 1. The quantitative estimate of drug-likeness (QED) is 0.649. The van der Waals surface area contributed by atoms with Crippen molar-refractivity contribution in [3.63, 3.8) is 0 Å². The van der Waals surface area contributed by atoms with Gasteiger partial charge < -0.3 is 15.8 Å². The molecule has 13 heavy (non-hydrogen) atoms. The summed E-state index contributed by atoms with van der Waals surface area (Å²) in [4.78, 5) is 11.2. The Labute approximate surface area is 75.7 Å². The smallest absolute Gasteiger partial charge is 0.265 e. The summed E-state index contributed by atoms with van der Waals surface area (Å²) >= 11 is 0. The molecule has 4 heteroatoms. The van der Waals surface area contributed by atoms with Crippen LogP contribution in [-0.4, -0.2) is 12.0 Å². The second kappa shape index (κ2) is 2.65. The van der Waals surface area contributed by atoms with Gasteiger partial charge in [-0.15, -0.1) is 0 Å². The zero-order valence-corrected chi connectivity index (χ0v) is 7.13. The van der Waals surface area contributed by atoms with Crippen LogP contribution >= 0.6 is 0 Å². The van der Waals surface area contributed by atoms with Crippen molar-refractivity contribution in [2.45, 2.75) is 13.0 Å². The summed E-state index contributed by atoms with van der Waals surface area (Å²) in [5.41, 5.74) is 8.37. The van der Waals surface area contributed by atoms with Crippen LogP contribution < -0.4 is 15.8 Å². The predicted octanol–water partition coefficient (Wildman–Crippen LogP) is 1.32. The molecule has 67 valence electrons. The van der Waals surface area contributed by atoms with Gasteiger partial charge in [-0.05, 0) is 19.1 Å². The van der Waals surface area contributed by atoms with Crippen LogP contribution in [-0.2, 0) is 4.79 Å². The summed E-state index contributed by atoms with van der Waals surface area (Å²) in [5, 5.41) is 2.69. The molecule has 0 aliphatic carbocycles. The maximum absolute atomic E-state index is 11.2. The molecule has 4 nitrogen and oxygen atoms in total. The van der Waals surface area contributed by atoms with Crippen molar-refractivity contribution in [2.75, 3.05) is 5.32 Å². The molecule has 1 aromatic carbocycles. The Morgan fingerprint density at radius 3 is 3.08 bits per heavy atom. The zero-order chi connectivity index (χ0) is 9.42. The minimum Gasteiger partial charge on any atom is -0.479 e. The first-order valence-corrected chi connectivity index (χ1v) is 4.00. The Balaban J connectivity index is 2.42. The number of fused-ring (bicyclic) bond motifs is 1. The Morgan fingerprint density at radius 1 is 1.54 bits per heavy atom. The highest BCUT2D eigenvalue weighted by Crippen LogP contribution is 2.31. The van der Waals surface area contributed by atoms with E-state index in [1.165, 1.54) is 0 Å². The number of hydrogen-bond donors (Lipinski definition) is 1.